The molecule has 1 aliphatic carbocycles. The third kappa shape index (κ3) is 6.62. The quantitative estimate of drug-likeness (QED) is 0.156. The summed E-state index contributed by atoms with van der Waals surface area (Å²) in [6.07, 6.45) is 10.1. The van der Waals surface area contributed by atoms with Crippen molar-refractivity contribution in [1.82, 2.24) is 4.90 Å². The van der Waals surface area contributed by atoms with Gasteiger partial charge in [-0.3, -0.25) is 0 Å². The van der Waals surface area contributed by atoms with Gasteiger partial charge in [-0.15, -0.1) is 5.73 Å². The number of ether oxygens (including phenoxy) is 1. The van der Waals surface area contributed by atoms with Gasteiger partial charge in [-0.05, 0) is 113 Å². The lowest BCUT2D eigenvalue weighted by Crippen LogP contribution is -2.12. The van der Waals surface area contributed by atoms with Gasteiger partial charge >= 0.3 is 0 Å². The molecule has 1 saturated carbocycles. The summed E-state index contributed by atoms with van der Waals surface area (Å²) < 4.78 is 6.41. The normalized spacial score (nSPS) is 19.7. The molecule has 4 heteroatoms. The van der Waals surface area contributed by atoms with Gasteiger partial charge in [0.15, 0.2) is 0 Å². The highest BCUT2D eigenvalue weighted by atomic mass is 127. The summed E-state index contributed by atoms with van der Waals surface area (Å²) in [5.74, 6) is 1.22. The molecule has 1 aromatic rings. The van der Waals surface area contributed by atoms with E-state index >= 15 is 0 Å². The first-order valence-corrected chi connectivity index (χ1v) is 13.4. The van der Waals surface area contributed by atoms with E-state index in [1.165, 1.54) is 51.5 Å². The molecule has 4 rings (SSSR count). The van der Waals surface area contributed by atoms with Crippen LogP contribution < -0.4 is 0 Å². The largest absolute Gasteiger partial charge is 0.381 e. The number of aldehydes is 1. The van der Waals surface area contributed by atoms with E-state index in [4.69, 9.17) is 4.74 Å². The molecule has 2 fully saturated rings. The number of hydrogen-bond acceptors (Lipinski definition) is 3. The smallest absolute Gasteiger partial charge is 0.131 e. The number of likely N-dealkylation sites (N-methyl/N-ethyl adjacent to an activating group) is 1. The fourth-order valence-electron chi connectivity index (χ4n) is 4.56. The monoisotopic (exact) mass is 571 g/mol. The first-order valence-electron chi connectivity index (χ1n) is 12.3. The predicted molar refractivity (Wildman–Crippen MR) is 150 cm³/mol. The third-order valence-electron chi connectivity index (χ3n) is 7.05. The van der Waals surface area contributed by atoms with Gasteiger partial charge in [0, 0.05) is 30.4 Å². The molecule has 1 atom stereocenters. The number of carbonyl (C=O) groups excluding carboxylic acids is 1. The van der Waals surface area contributed by atoms with Crippen LogP contribution >= 0.6 is 22.6 Å². The standard InChI is InChI=1S/C24H26INO.C6H12O/c1-6-24-17(4)19(13-26(24)5)8-7-15(2)22(14-27)21-11-16(3)23(25)12-20(21)18-9-10-18;1-6-2-4-7-5-3-6/h7-8,11-12,14,18,22H,1-2,9-10,13H2,3-5H3;6H,2-5H2,1H3/b8-7-;. The molecule has 2 heterocycles. The van der Waals surface area contributed by atoms with E-state index in [9.17, 15) is 4.79 Å². The molecule has 0 radical (unpaired) electrons. The van der Waals surface area contributed by atoms with Crippen LogP contribution in [0.5, 0.6) is 0 Å². The molecule has 0 aromatic heterocycles. The number of halogens is 1. The van der Waals surface area contributed by atoms with E-state index in [2.05, 4.69) is 85.4 Å². The van der Waals surface area contributed by atoms with Crippen LogP contribution in [0.2, 0.25) is 0 Å². The lowest BCUT2D eigenvalue weighted by atomic mass is 9.86. The number of aryl methyl sites for hydroxylation is 1. The molecule has 0 spiro atoms. The van der Waals surface area contributed by atoms with Crippen molar-refractivity contribution in [3.05, 3.63) is 85.9 Å². The first-order chi connectivity index (χ1) is 16.3. The van der Waals surface area contributed by atoms with Crippen LogP contribution in [0.3, 0.4) is 0 Å². The van der Waals surface area contributed by atoms with E-state index in [1.54, 1.807) is 0 Å². The predicted octanol–water partition coefficient (Wildman–Crippen LogP) is 7.24. The van der Waals surface area contributed by atoms with Gasteiger partial charge in [0.1, 0.15) is 6.29 Å². The number of hydrogen-bond donors (Lipinski definition) is 0. The van der Waals surface area contributed by atoms with Gasteiger partial charge in [-0.1, -0.05) is 38.3 Å². The first kappa shape index (κ1) is 26.7. The van der Waals surface area contributed by atoms with E-state index in [1.807, 2.05) is 13.1 Å². The lowest BCUT2D eigenvalue weighted by Gasteiger charge is -2.18. The Morgan fingerprint density at radius 1 is 1.24 bits per heavy atom. The fourth-order valence-corrected chi connectivity index (χ4v) is 5.05. The lowest BCUT2D eigenvalue weighted by molar-refractivity contribution is -0.108. The minimum absolute atomic E-state index is 0.290. The van der Waals surface area contributed by atoms with Crippen molar-refractivity contribution in [2.24, 2.45) is 5.92 Å². The van der Waals surface area contributed by atoms with E-state index < -0.39 is 0 Å². The number of benzene rings is 1. The summed E-state index contributed by atoms with van der Waals surface area (Å²) in [6, 6.07) is 4.44. The van der Waals surface area contributed by atoms with Gasteiger partial charge in [0.25, 0.3) is 0 Å². The molecule has 1 unspecified atom stereocenters. The Bertz CT molecular complexity index is 1030. The maximum absolute atomic E-state index is 12.0. The van der Waals surface area contributed by atoms with Crippen molar-refractivity contribution in [3.8, 4) is 0 Å². The Balaban J connectivity index is 0.000000396. The molecule has 0 amide bonds. The van der Waals surface area contributed by atoms with E-state index in [0.29, 0.717) is 5.92 Å². The van der Waals surface area contributed by atoms with Crippen LogP contribution in [-0.2, 0) is 9.53 Å². The maximum atomic E-state index is 12.0. The fraction of sp³-hybridized carbons (Fsp3) is 0.467. The topological polar surface area (TPSA) is 29.5 Å². The van der Waals surface area contributed by atoms with Gasteiger partial charge in [0.2, 0.25) is 0 Å². The second kappa shape index (κ2) is 12.2. The maximum Gasteiger partial charge on any atom is 0.131 e. The minimum atomic E-state index is -0.290. The molecule has 0 bridgehead atoms. The van der Waals surface area contributed by atoms with Gasteiger partial charge in [0.05, 0.1) is 11.6 Å². The van der Waals surface area contributed by atoms with E-state index in [-0.39, 0.29) is 5.92 Å². The summed E-state index contributed by atoms with van der Waals surface area (Å²) >= 11 is 2.38. The van der Waals surface area contributed by atoms with Crippen molar-refractivity contribution < 1.29 is 9.53 Å². The SMILES string of the molecule is C=C=C1C(C)=C(/C=C\C(=C)C(C=O)c2cc(C)c(I)cc2C2CC2)CN1C.CC1CCOCC1. The van der Waals surface area contributed by atoms with E-state index in [0.717, 1.165) is 48.8 Å². The van der Waals surface area contributed by atoms with Crippen LogP contribution in [0.1, 0.15) is 68.1 Å². The zero-order valence-electron chi connectivity index (χ0n) is 21.1. The van der Waals surface area contributed by atoms with Crippen LogP contribution in [0, 0.1) is 16.4 Å². The van der Waals surface area contributed by atoms with Crippen LogP contribution in [0.15, 0.2) is 65.6 Å². The Hall–Kier alpha value is -1.88. The summed E-state index contributed by atoms with van der Waals surface area (Å²) in [7, 11) is 2.04. The second-order valence-electron chi connectivity index (χ2n) is 9.85. The molecule has 1 aromatic carbocycles. The summed E-state index contributed by atoms with van der Waals surface area (Å²) in [5, 5.41) is 0. The molecule has 1 saturated heterocycles. The average molecular weight is 572 g/mol. The van der Waals surface area contributed by atoms with Gasteiger partial charge in [-0.25, -0.2) is 0 Å². The van der Waals surface area contributed by atoms with Crippen molar-refractivity contribution in [2.45, 2.75) is 58.3 Å². The Morgan fingerprint density at radius 3 is 2.41 bits per heavy atom. The van der Waals surface area contributed by atoms with Crippen molar-refractivity contribution in [2.75, 3.05) is 26.8 Å². The molecular weight excluding hydrogens is 533 g/mol. The molecule has 3 nitrogen and oxygen atoms in total. The van der Waals surface area contributed by atoms with Gasteiger partial charge in [-0.2, -0.15) is 0 Å². The average Bonchev–Trinajstić information content (AvgIpc) is 3.61. The highest BCUT2D eigenvalue weighted by molar-refractivity contribution is 14.1. The molecule has 0 N–H and O–H groups in total. The van der Waals surface area contributed by atoms with Crippen molar-refractivity contribution in [1.29, 1.82) is 0 Å². The zero-order valence-corrected chi connectivity index (χ0v) is 23.3. The highest BCUT2D eigenvalue weighted by Gasteiger charge is 2.29. The third-order valence-corrected chi connectivity index (χ3v) is 8.22. The molecule has 34 heavy (non-hydrogen) atoms. The summed E-state index contributed by atoms with van der Waals surface area (Å²) in [4.78, 5) is 14.1. The molecule has 182 valence electrons. The number of allylic oxidation sites excluding steroid dienone is 3. The number of nitrogens with zero attached hydrogens (tertiary/aromatic N) is 1. The van der Waals surface area contributed by atoms with Crippen LogP contribution in [0.25, 0.3) is 0 Å². The zero-order chi connectivity index (χ0) is 24.8. The highest BCUT2D eigenvalue weighted by Crippen LogP contribution is 2.45. The summed E-state index contributed by atoms with van der Waals surface area (Å²) in [5.41, 5.74) is 10.9. The summed E-state index contributed by atoms with van der Waals surface area (Å²) in [6.45, 7) is 17.3. The number of rotatable bonds is 6. The van der Waals surface area contributed by atoms with Crippen molar-refractivity contribution >= 4 is 28.9 Å². The molecule has 3 aliphatic rings. The van der Waals surface area contributed by atoms with Crippen LogP contribution in [-0.4, -0.2) is 38.0 Å². The number of carbonyl (C=O) groups is 1. The molecule has 2 aliphatic heterocycles. The van der Waals surface area contributed by atoms with Gasteiger partial charge < -0.3 is 14.4 Å². The Labute approximate surface area is 219 Å². The minimum Gasteiger partial charge on any atom is -0.381 e. The second-order valence-corrected chi connectivity index (χ2v) is 11.0. The Morgan fingerprint density at radius 2 is 1.91 bits per heavy atom. The Kier molecular flexibility index (Phi) is 9.58. The van der Waals surface area contributed by atoms with Crippen molar-refractivity contribution in [3.63, 3.8) is 0 Å². The molecular formula is C30H38INO2. The van der Waals surface area contributed by atoms with Crippen LogP contribution in [0.4, 0.5) is 0 Å².